The van der Waals surface area contributed by atoms with E-state index in [1.807, 2.05) is 17.6 Å². The first kappa shape index (κ1) is 20.1. The molecular weight excluding hydrogens is 392 g/mol. The zero-order valence-electron chi connectivity index (χ0n) is 17.8. The van der Waals surface area contributed by atoms with Crippen LogP contribution in [0.1, 0.15) is 60.5 Å². The maximum atomic E-state index is 12.9. The van der Waals surface area contributed by atoms with Gasteiger partial charge in [0.1, 0.15) is 5.56 Å². The van der Waals surface area contributed by atoms with Crippen LogP contribution in [0.5, 0.6) is 0 Å². The fourth-order valence-electron chi connectivity index (χ4n) is 6.18. The first-order valence-corrected chi connectivity index (χ1v) is 11.2. The van der Waals surface area contributed by atoms with Crippen LogP contribution in [0.25, 0.3) is 10.9 Å². The highest BCUT2D eigenvalue weighted by Crippen LogP contribution is 2.52. The molecule has 5 rings (SSSR count). The number of carbonyl (C=O) groups is 1. The lowest BCUT2D eigenvalue weighted by Gasteiger charge is -2.34. The molecule has 3 atom stereocenters. The van der Waals surface area contributed by atoms with E-state index in [0.717, 1.165) is 62.0 Å². The quantitative estimate of drug-likeness (QED) is 0.768. The average molecular weight is 421 g/mol. The lowest BCUT2D eigenvalue weighted by Crippen LogP contribution is -2.45. The molecule has 0 amide bonds. The van der Waals surface area contributed by atoms with Gasteiger partial charge in [0, 0.05) is 47.9 Å². The number of pyridine rings is 1. The van der Waals surface area contributed by atoms with Gasteiger partial charge in [-0.1, -0.05) is 6.42 Å². The Balaban J connectivity index is 1.61. The number of hydrogen-bond acceptors (Lipinski definition) is 5. The van der Waals surface area contributed by atoms with Gasteiger partial charge >= 0.3 is 5.97 Å². The number of hydrogen-bond donors (Lipinski definition) is 2. The van der Waals surface area contributed by atoms with E-state index in [4.69, 9.17) is 5.73 Å². The van der Waals surface area contributed by atoms with Gasteiger partial charge in [0.15, 0.2) is 0 Å². The third kappa shape index (κ3) is 2.96. The van der Waals surface area contributed by atoms with Gasteiger partial charge in [-0.3, -0.25) is 4.79 Å². The van der Waals surface area contributed by atoms with Crippen LogP contribution in [-0.4, -0.2) is 34.8 Å². The number of nitrogens with zero attached hydrogens (tertiary/aromatic N) is 3. The van der Waals surface area contributed by atoms with E-state index in [1.54, 1.807) is 6.07 Å². The van der Waals surface area contributed by atoms with Crippen LogP contribution in [0.3, 0.4) is 0 Å². The molecule has 0 bridgehead atoms. The second-order valence-electron chi connectivity index (χ2n) is 9.59. The highest BCUT2D eigenvalue weighted by atomic mass is 16.4. The van der Waals surface area contributed by atoms with Gasteiger partial charge in [-0.05, 0) is 56.2 Å². The van der Waals surface area contributed by atoms with Crippen molar-refractivity contribution in [3.8, 4) is 6.07 Å². The Kier molecular flexibility index (Phi) is 4.60. The van der Waals surface area contributed by atoms with E-state index in [1.165, 1.54) is 6.20 Å². The molecule has 2 heterocycles. The van der Waals surface area contributed by atoms with Crippen molar-refractivity contribution in [3.05, 3.63) is 39.7 Å². The molecule has 3 fully saturated rings. The summed E-state index contributed by atoms with van der Waals surface area (Å²) >= 11 is 0. The minimum Gasteiger partial charge on any atom is -0.477 e. The van der Waals surface area contributed by atoms with Crippen molar-refractivity contribution in [1.29, 1.82) is 5.26 Å². The molecule has 1 aliphatic heterocycles. The number of nitrogens with two attached hydrogens (primary N) is 1. The number of rotatable bonds is 5. The summed E-state index contributed by atoms with van der Waals surface area (Å²) in [7, 11) is 0. The minimum atomic E-state index is -1.18. The lowest BCUT2D eigenvalue weighted by atomic mass is 9.73. The largest absolute Gasteiger partial charge is 0.477 e. The molecule has 3 unspecified atom stereocenters. The normalized spacial score (nSPS) is 26.1. The molecular formula is C24H28N4O3. The topological polar surface area (TPSA) is 112 Å². The number of nitriles is 1. The molecule has 7 nitrogen and oxygen atoms in total. The van der Waals surface area contributed by atoms with Crippen LogP contribution in [0.15, 0.2) is 23.1 Å². The number of aromatic nitrogens is 1. The van der Waals surface area contributed by atoms with Crippen LogP contribution in [0.2, 0.25) is 0 Å². The van der Waals surface area contributed by atoms with Gasteiger partial charge < -0.3 is 20.3 Å². The second kappa shape index (κ2) is 7.10. The van der Waals surface area contributed by atoms with Crippen molar-refractivity contribution in [2.24, 2.45) is 17.1 Å². The maximum absolute atomic E-state index is 12.9. The van der Waals surface area contributed by atoms with Crippen molar-refractivity contribution in [2.45, 2.75) is 57.5 Å². The monoisotopic (exact) mass is 420 g/mol. The smallest absolute Gasteiger partial charge is 0.341 e. The summed E-state index contributed by atoms with van der Waals surface area (Å²) in [4.78, 5) is 26.9. The third-order valence-electron chi connectivity index (χ3n) is 7.91. The fraction of sp³-hybridized carbons (Fsp3) is 0.542. The minimum absolute atomic E-state index is 0.0273. The van der Waals surface area contributed by atoms with Crippen molar-refractivity contribution in [1.82, 2.24) is 4.57 Å². The molecule has 31 heavy (non-hydrogen) atoms. The predicted octanol–water partition coefficient (Wildman–Crippen LogP) is 3.19. The number of carboxylic acids is 1. The van der Waals surface area contributed by atoms with Crippen LogP contribution in [-0.2, 0) is 0 Å². The molecule has 0 spiro atoms. The van der Waals surface area contributed by atoms with E-state index in [0.29, 0.717) is 17.7 Å². The second-order valence-corrected chi connectivity index (χ2v) is 9.59. The van der Waals surface area contributed by atoms with Crippen LogP contribution < -0.4 is 16.1 Å². The molecule has 2 saturated carbocycles. The van der Waals surface area contributed by atoms with E-state index in [2.05, 4.69) is 11.0 Å². The molecule has 7 heteroatoms. The summed E-state index contributed by atoms with van der Waals surface area (Å²) in [6, 6.07) is 6.14. The van der Waals surface area contributed by atoms with Gasteiger partial charge in [-0.2, -0.15) is 5.26 Å². The van der Waals surface area contributed by atoms with E-state index in [9.17, 15) is 20.0 Å². The van der Waals surface area contributed by atoms with Crippen LogP contribution >= 0.6 is 0 Å². The van der Waals surface area contributed by atoms with Gasteiger partial charge in [-0.15, -0.1) is 0 Å². The molecule has 1 saturated heterocycles. The summed E-state index contributed by atoms with van der Waals surface area (Å²) in [5, 5.41) is 19.2. The summed E-state index contributed by atoms with van der Waals surface area (Å²) in [6.45, 7) is 3.77. The van der Waals surface area contributed by atoms with E-state index in [-0.39, 0.29) is 23.1 Å². The Hall–Kier alpha value is -2.85. The summed E-state index contributed by atoms with van der Waals surface area (Å²) < 4.78 is 2.01. The summed E-state index contributed by atoms with van der Waals surface area (Å²) in [5.74, 6) is -0.699. The molecule has 1 aromatic carbocycles. The third-order valence-corrected chi connectivity index (χ3v) is 7.91. The number of benzene rings is 1. The van der Waals surface area contributed by atoms with Gasteiger partial charge in [0.25, 0.3) is 0 Å². The first-order chi connectivity index (χ1) is 14.9. The lowest BCUT2D eigenvalue weighted by molar-refractivity contribution is 0.0695. The first-order valence-electron chi connectivity index (χ1n) is 11.2. The molecule has 1 aromatic heterocycles. The van der Waals surface area contributed by atoms with Crippen LogP contribution in [0, 0.1) is 29.6 Å². The Morgan fingerprint density at radius 3 is 2.84 bits per heavy atom. The molecule has 2 aromatic rings. The Bertz CT molecular complexity index is 1180. The van der Waals surface area contributed by atoms with Crippen LogP contribution in [0.4, 0.5) is 5.69 Å². The number of fused-ring (bicyclic) bond motifs is 2. The van der Waals surface area contributed by atoms with E-state index < -0.39 is 11.4 Å². The SMILES string of the molecule is Cc1c(N2CC3CCCC3(C(N)CC#N)C2)ccc2c(=O)c(C(=O)O)cn(C3CC3)c12. The van der Waals surface area contributed by atoms with Crippen molar-refractivity contribution in [3.63, 3.8) is 0 Å². The predicted molar refractivity (Wildman–Crippen MR) is 118 cm³/mol. The van der Waals surface area contributed by atoms with Gasteiger partial charge in [0.2, 0.25) is 5.43 Å². The van der Waals surface area contributed by atoms with Gasteiger partial charge in [0.05, 0.1) is 18.0 Å². The maximum Gasteiger partial charge on any atom is 0.341 e. The molecule has 2 aliphatic carbocycles. The number of aryl methyl sites for hydroxylation is 1. The van der Waals surface area contributed by atoms with Crippen molar-refractivity contribution < 1.29 is 9.90 Å². The van der Waals surface area contributed by atoms with Crippen molar-refractivity contribution in [2.75, 3.05) is 18.0 Å². The Morgan fingerprint density at radius 2 is 2.16 bits per heavy atom. The highest BCUT2D eigenvalue weighted by Gasteiger charge is 2.53. The molecule has 162 valence electrons. The molecule has 3 N–H and O–H groups in total. The molecule has 0 radical (unpaired) electrons. The van der Waals surface area contributed by atoms with Crippen molar-refractivity contribution >= 4 is 22.6 Å². The zero-order chi connectivity index (χ0) is 21.9. The number of aromatic carboxylic acids is 1. The summed E-state index contributed by atoms with van der Waals surface area (Å²) in [5.41, 5.74) is 8.86. The average Bonchev–Trinajstić information content (AvgIpc) is 3.39. The molecule has 3 aliphatic rings. The fourth-order valence-corrected chi connectivity index (χ4v) is 6.18. The Labute approximate surface area is 181 Å². The number of carboxylic acid groups (broad SMARTS) is 1. The standard InChI is InChI=1S/C24H28N4O3/c1-14-19(27-11-15-3-2-9-24(15,13-27)20(26)8-10-25)7-6-17-21(14)28(16-4-5-16)12-18(22(17)29)23(30)31/h6-7,12,15-16,20H,2-5,8-9,11,13,26H2,1H3,(H,30,31). The highest BCUT2D eigenvalue weighted by molar-refractivity contribution is 5.95. The number of anilines is 1. The summed E-state index contributed by atoms with van der Waals surface area (Å²) in [6.07, 6.45) is 7.25. The zero-order valence-corrected chi connectivity index (χ0v) is 17.8. The van der Waals surface area contributed by atoms with Gasteiger partial charge in [-0.25, -0.2) is 4.79 Å². The van der Waals surface area contributed by atoms with E-state index >= 15 is 0 Å². The Morgan fingerprint density at radius 1 is 1.39 bits per heavy atom.